The molecule has 0 atom stereocenters. The number of thiol groups is 1. The summed E-state index contributed by atoms with van der Waals surface area (Å²) in [4.78, 5) is 2.90. The first-order valence-corrected chi connectivity index (χ1v) is 4.94. The Bertz CT molecular complexity index is 191. The Kier molecular flexibility index (Phi) is 3.29. The lowest BCUT2D eigenvalue weighted by Gasteiger charge is -1.90. The van der Waals surface area contributed by atoms with Gasteiger partial charge in [-0.25, -0.2) is 0 Å². The van der Waals surface area contributed by atoms with Crippen LogP contribution >= 0.6 is 24.0 Å². The summed E-state index contributed by atoms with van der Waals surface area (Å²) in [7, 11) is 0. The molecule has 0 bridgehead atoms. The first-order chi connectivity index (χ1) is 4.83. The number of aryl methyl sites for hydroxylation is 2. The zero-order valence-corrected chi connectivity index (χ0v) is 7.84. The Labute approximate surface area is 71.7 Å². The highest BCUT2D eigenvalue weighted by Gasteiger charge is 1.94. The number of hydrogen-bond donors (Lipinski definition) is 1. The highest BCUT2D eigenvalue weighted by Crippen LogP contribution is 2.16. The molecule has 0 radical (unpaired) electrons. The van der Waals surface area contributed by atoms with Gasteiger partial charge in [0.25, 0.3) is 0 Å². The van der Waals surface area contributed by atoms with E-state index in [2.05, 4.69) is 31.7 Å². The first kappa shape index (κ1) is 8.15. The minimum Gasteiger partial charge on any atom is -0.179 e. The third-order valence-corrected chi connectivity index (χ3v) is 2.75. The molecule has 0 aromatic carbocycles. The van der Waals surface area contributed by atoms with E-state index in [1.165, 1.54) is 22.6 Å². The molecule has 0 spiro atoms. The molecule has 0 amide bonds. The summed E-state index contributed by atoms with van der Waals surface area (Å²) in [6.45, 7) is 2.15. The van der Waals surface area contributed by atoms with Gasteiger partial charge < -0.3 is 0 Å². The van der Waals surface area contributed by atoms with E-state index >= 15 is 0 Å². The van der Waals surface area contributed by atoms with E-state index in [4.69, 9.17) is 0 Å². The highest BCUT2D eigenvalue weighted by molar-refractivity contribution is 7.80. The molecule has 1 aromatic rings. The van der Waals surface area contributed by atoms with Crippen LogP contribution in [-0.4, -0.2) is 5.75 Å². The zero-order valence-electron chi connectivity index (χ0n) is 6.13. The van der Waals surface area contributed by atoms with Crippen molar-refractivity contribution >= 4 is 24.0 Å². The summed E-state index contributed by atoms with van der Waals surface area (Å²) in [5.74, 6) is 0.997. The van der Waals surface area contributed by atoms with Crippen LogP contribution in [0.15, 0.2) is 12.1 Å². The second-order valence-electron chi connectivity index (χ2n) is 2.34. The fraction of sp³-hybridized carbons (Fsp3) is 0.500. The fourth-order valence-electron chi connectivity index (χ4n) is 0.873. The Morgan fingerprint density at radius 1 is 1.50 bits per heavy atom. The van der Waals surface area contributed by atoms with Crippen LogP contribution in [0.3, 0.4) is 0 Å². The average molecular weight is 172 g/mol. The monoisotopic (exact) mass is 172 g/mol. The molecule has 0 N–H and O–H groups in total. The van der Waals surface area contributed by atoms with Crippen LogP contribution in [0.2, 0.25) is 0 Å². The third-order valence-electron chi connectivity index (χ3n) is 1.38. The van der Waals surface area contributed by atoms with E-state index in [0.717, 1.165) is 5.75 Å². The number of thiophene rings is 1. The van der Waals surface area contributed by atoms with Crippen LogP contribution in [0, 0.1) is 6.92 Å². The third kappa shape index (κ3) is 2.35. The molecule has 0 saturated carbocycles. The second-order valence-corrected chi connectivity index (χ2v) is 4.16. The van der Waals surface area contributed by atoms with E-state index < -0.39 is 0 Å². The first-order valence-electron chi connectivity index (χ1n) is 3.49. The summed E-state index contributed by atoms with van der Waals surface area (Å²) in [6, 6.07) is 4.39. The van der Waals surface area contributed by atoms with E-state index in [9.17, 15) is 0 Å². The Morgan fingerprint density at radius 3 is 2.80 bits per heavy atom. The van der Waals surface area contributed by atoms with Crippen LogP contribution in [-0.2, 0) is 6.42 Å². The van der Waals surface area contributed by atoms with Crippen LogP contribution in [0.4, 0.5) is 0 Å². The van der Waals surface area contributed by atoms with Gasteiger partial charge in [-0.05, 0) is 37.7 Å². The minimum absolute atomic E-state index is 0.997. The summed E-state index contributed by atoms with van der Waals surface area (Å²) < 4.78 is 0. The second kappa shape index (κ2) is 4.04. The minimum atomic E-state index is 0.997. The molecule has 2 heteroatoms. The lowest BCUT2D eigenvalue weighted by atomic mass is 10.3. The smallest absolute Gasteiger partial charge is 0.00483 e. The standard InChI is InChI=1S/C8H12S2/c1-7-4-5-8(10-7)3-2-6-9/h4-5,9H,2-3,6H2,1H3. The van der Waals surface area contributed by atoms with Gasteiger partial charge in [0.15, 0.2) is 0 Å². The fourth-order valence-corrected chi connectivity index (χ4v) is 1.96. The van der Waals surface area contributed by atoms with Crippen molar-refractivity contribution in [1.29, 1.82) is 0 Å². The summed E-state index contributed by atoms with van der Waals surface area (Å²) >= 11 is 6.06. The van der Waals surface area contributed by atoms with Crippen molar-refractivity contribution in [3.05, 3.63) is 21.9 Å². The number of hydrogen-bond acceptors (Lipinski definition) is 2. The number of rotatable bonds is 3. The van der Waals surface area contributed by atoms with Gasteiger partial charge in [-0.15, -0.1) is 11.3 Å². The van der Waals surface area contributed by atoms with Crippen LogP contribution in [0.1, 0.15) is 16.2 Å². The molecule has 0 unspecified atom stereocenters. The summed E-state index contributed by atoms with van der Waals surface area (Å²) in [5, 5.41) is 0. The maximum Gasteiger partial charge on any atom is 0.00483 e. The summed E-state index contributed by atoms with van der Waals surface area (Å²) in [6.07, 6.45) is 2.39. The molecule has 1 heterocycles. The maximum absolute atomic E-state index is 4.16. The lowest BCUT2D eigenvalue weighted by Crippen LogP contribution is -1.79. The van der Waals surface area contributed by atoms with Gasteiger partial charge in [0.1, 0.15) is 0 Å². The van der Waals surface area contributed by atoms with Crippen molar-refractivity contribution < 1.29 is 0 Å². The molecular weight excluding hydrogens is 160 g/mol. The molecule has 1 aromatic heterocycles. The Hall–Kier alpha value is 0.0500. The molecule has 1 rings (SSSR count). The summed E-state index contributed by atoms with van der Waals surface area (Å²) in [5.41, 5.74) is 0. The van der Waals surface area contributed by atoms with Crippen molar-refractivity contribution in [3.63, 3.8) is 0 Å². The van der Waals surface area contributed by atoms with Crippen molar-refractivity contribution in [2.45, 2.75) is 19.8 Å². The topological polar surface area (TPSA) is 0 Å². The van der Waals surface area contributed by atoms with Gasteiger partial charge in [-0.1, -0.05) is 0 Å². The van der Waals surface area contributed by atoms with Gasteiger partial charge in [0, 0.05) is 9.75 Å². The SMILES string of the molecule is Cc1ccc(CCCS)s1. The van der Waals surface area contributed by atoms with Crippen LogP contribution < -0.4 is 0 Å². The predicted octanol–water partition coefficient (Wildman–Crippen LogP) is 2.92. The Morgan fingerprint density at radius 2 is 2.30 bits per heavy atom. The molecule has 0 saturated heterocycles. The molecular formula is C8H12S2. The van der Waals surface area contributed by atoms with E-state index in [-0.39, 0.29) is 0 Å². The molecule has 0 nitrogen and oxygen atoms in total. The molecule has 0 fully saturated rings. The molecule has 0 aliphatic rings. The van der Waals surface area contributed by atoms with Crippen LogP contribution in [0.25, 0.3) is 0 Å². The van der Waals surface area contributed by atoms with Crippen molar-refractivity contribution in [1.82, 2.24) is 0 Å². The van der Waals surface area contributed by atoms with Gasteiger partial charge in [0.2, 0.25) is 0 Å². The molecule has 10 heavy (non-hydrogen) atoms. The predicted molar refractivity (Wildman–Crippen MR) is 51.2 cm³/mol. The van der Waals surface area contributed by atoms with E-state index in [1.807, 2.05) is 11.3 Å². The van der Waals surface area contributed by atoms with Crippen molar-refractivity contribution in [2.75, 3.05) is 5.75 Å². The highest BCUT2D eigenvalue weighted by atomic mass is 32.1. The van der Waals surface area contributed by atoms with Gasteiger partial charge in [0.05, 0.1) is 0 Å². The largest absolute Gasteiger partial charge is 0.179 e. The van der Waals surface area contributed by atoms with Crippen molar-refractivity contribution in [2.24, 2.45) is 0 Å². The van der Waals surface area contributed by atoms with Gasteiger partial charge >= 0.3 is 0 Å². The zero-order chi connectivity index (χ0) is 7.40. The average Bonchev–Trinajstić information content (AvgIpc) is 2.31. The van der Waals surface area contributed by atoms with Crippen LogP contribution in [0.5, 0.6) is 0 Å². The Balaban J connectivity index is 2.42. The lowest BCUT2D eigenvalue weighted by molar-refractivity contribution is 0.955. The molecule has 0 aliphatic carbocycles. The van der Waals surface area contributed by atoms with Gasteiger partial charge in [-0.3, -0.25) is 0 Å². The molecule has 56 valence electrons. The van der Waals surface area contributed by atoms with Crippen molar-refractivity contribution in [3.8, 4) is 0 Å². The molecule has 0 aliphatic heterocycles. The van der Waals surface area contributed by atoms with E-state index in [0.29, 0.717) is 0 Å². The normalized spacial score (nSPS) is 10.2. The quantitative estimate of drug-likeness (QED) is 0.666. The maximum atomic E-state index is 4.16. The van der Waals surface area contributed by atoms with Gasteiger partial charge in [-0.2, -0.15) is 12.6 Å². The van der Waals surface area contributed by atoms with E-state index in [1.54, 1.807) is 0 Å².